The van der Waals surface area contributed by atoms with Gasteiger partial charge in [-0.3, -0.25) is 0 Å². The largest absolute Gasteiger partial charge is 0.382 e. The van der Waals surface area contributed by atoms with E-state index < -0.39 is 0 Å². The van der Waals surface area contributed by atoms with Gasteiger partial charge in [-0.2, -0.15) is 0 Å². The van der Waals surface area contributed by atoms with E-state index in [0.29, 0.717) is 0 Å². The predicted molar refractivity (Wildman–Crippen MR) is 76.4 cm³/mol. The SMILES string of the molecule is CCOCCCn1ccnc1NC(C)c1nncn1C. The summed E-state index contributed by atoms with van der Waals surface area (Å²) >= 11 is 0. The average Bonchev–Trinajstić information content (AvgIpc) is 3.04. The summed E-state index contributed by atoms with van der Waals surface area (Å²) in [4.78, 5) is 4.35. The van der Waals surface area contributed by atoms with Crippen molar-refractivity contribution in [3.05, 3.63) is 24.5 Å². The molecule has 0 radical (unpaired) electrons. The molecule has 20 heavy (non-hydrogen) atoms. The van der Waals surface area contributed by atoms with Crippen LogP contribution in [0, 0.1) is 0 Å². The van der Waals surface area contributed by atoms with Gasteiger partial charge in [0.25, 0.3) is 0 Å². The Labute approximate surface area is 119 Å². The Balaban J connectivity index is 1.93. The second-order valence-electron chi connectivity index (χ2n) is 4.66. The fourth-order valence-corrected chi connectivity index (χ4v) is 2.05. The molecule has 2 aromatic rings. The highest BCUT2D eigenvalue weighted by Crippen LogP contribution is 2.15. The monoisotopic (exact) mass is 278 g/mol. The first-order valence-electron chi connectivity index (χ1n) is 6.91. The Bertz CT molecular complexity index is 520. The summed E-state index contributed by atoms with van der Waals surface area (Å²) in [6.07, 6.45) is 6.43. The van der Waals surface area contributed by atoms with E-state index in [1.807, 2.05) is 31.7 Å². The van der Waals surface area contributed by atoms with Crippen molar-refractivity contribution < 1.29 is 4.74 Å². The molecule has 0 aromatic carbocycles. The number of hydrogen-bond acceptors (Lipinski definition) is 5. The van der Waals surface area contributed by atoms with E-state index in [9.17, 15) is 0 Å². The second kappa shape index (κ2) is 7.04. The Morgan fingerprint density at radius 1 is 1.45 bits per heavy atom. The lowest BCUT2D eigenvalue weighted by molar-refractivity contribution is 0.142. The van der Waals surface area contributed by atoms with Gasteiger partial charge in [0.05, 0.1) is 6.04 Å². The minimum atomic E-state index is 0.0514. The first-order chi connectivity index (χ1) is 9.72. The molecule has 2 aromatic heterocycles. The van der Waals surface area contributed by atoms with Crippen molar-refractivity contribution in [1.82, 2.24) is 24.3 Å². The molecule has 110 valence electrons. The van der Waals surface area contributed by atoms with Crippen molar-refractivity contribution in [2.75, 3.05) is 18.5 Å². The quantitative estimate of drug-likeness (QED) is 0.743. The van der Waals surface area contributed by atoms with Crippen molar-refractivity contribution in [1.29, 1.82) is 0 Å². The lowest BCUT2D eigenvalue weighted by Crippen LogP contribution is -2.15. The average molecular weight is 278 g/mol. The van der Waals surface area contributed by atoms with Crippen molar-refractivity contribution in [3.63, 3.8) is 0 Å². The summed E-state index contributed by atoms with van der Waals surface area (Å²) < 4.78 is 9.34. The van der Waals surface area contributed by atoms with E-state index in [4.69, 9.17) is 4.74 Å². The normalized spacial score (nSPS) is 12.6. The highest BCUT2D eigenvalue weighted by Gasteiger charge is 2.13. The first-order valence-corrected chi connectivity index (χ1v) is 6.91. The minimum absolute atomic E-state index is 0.0514. The molecule has 0 saturated heterocycles. The third kappa shape index (κ3) is 3.57. The van der Waals surface area contributed by atoms with Crippen LogP contribution in [0.2, 0.25) is 0 Å². The van der Waals surface area contributed by atoms with Crippen LogP contribution in [-0.2, 0) is 18.3 Å². The summed E-state index contributed by atoms with van der Waals surface area (Å²) in [5, 5.41) is 11.4. The van der Waals surface area contributed by atoms with E-state index in [1.165, 1.54) is 0 Å². The number of rotatable bonds is 8. The number of aryl methyl sites for hydroxylation is 2. The van der Waals surface area contributed by atoms with E-state index in [1.54, 1.807) is 12.5 Å². The van der Waals surface area contributed by atoms with Crippen molar-refractivity contribution in [3.8, 4) is 0 Å². The van der Waals surface area contributed by atoms with Gasteiger partial charge in [0.15, 0.2) is 5.82 Å². The van der Waals surface area contributed by atoms with Crippen LogP contribution in [0.1, 0.15) is 32.1 Å². The number of ether oxygens (including phenoxy) is 1. The van der Waals surface area contributed by atoms with Crippen LogP contribution in [0.25, 0.3) is 0 Å². The van der Waals surface area contributed by atoms with Gasteiger partial charge in [0.2, 0.25) is 5.95 Å². The van der Waals surface area contributed by atoms with E-state index in [-0.39, 0.29) is 6.04 Å². The molecule has 1 unspecified atom stereocenters. The van der Waals surface area contributed by atoms with Gasteiger partial charge in [-0.05, 0) is 20.3 Å². The zero-order chi connectivity index (χ0) is 14.4. The summed E-state index contributed by atoms with van der Waals surface area (Å²) in [5.74, 6) is 1.73. The van der Waals surface area contributed by atoms with Crippen LogP contribution in [0.15, 0.2) is 18.7 Å². The third-order valence-electron chi connectivity index (χ3n) is 3.09. The molecule has 0 fully saturated rings. The Hall–Kier alpha value is -1.89. The molecule has 0 aliphatic rings. The maximum atomic E-state index is 5.35. The van der Waals surface area contributed by atoms with Crippen LogP contribution in [0.3, 0.4) is 0 Å². The summed E-state index contributed by atoms with van der Waals surface area (Å²) in [7, 11) is 1.93. The molecule has 2 rings (SSSR count). The van der Waals surface area contributed by atoms with Gasteiger partial charge < -0.3 is 19.2 Å². The van der Waals surface area contributed by atoms with Gasteiger partial charge in [0, 0.05) is 39.2 Å². The number of nitrogens with one attached hydrogen (secondary N) is 1. The van der Waals surface area contributed by atoms with Crippen LogP contribution < -0.4 is 5.32 Å². The molecular weight excluding hydrogens is 256 g/mol. The number of hydrogen-bond donors (Lipinski definition) is 1. The molecule has 0 aliphatic heterocycles. The molecule has 0 bridgehead atoms. The molecule has 0 amide bonds. The molecule has 7 heteroatoms. The lowest BCUT2D eigenvalue weighted by atomic mass is 10.3. The van der Waals surface area contributed by atoms with Crippen molar-refractivity contribution >= 4 is 5.95 Å². The maximum absolute atomic E-state index is 5.35. The number of aromatic nitrogens is 5. The van der Waals surface area contributed by atoms with Gasteiger partial charge in [-0.15, -0.1) is 10.2 Å². The fourth-order valence-electron chi connectivity index (χ4n) is 2.05. The topological polar surface area (TPSA) is 69.8 Å². The Morgan fingerprint density at radius 3 is 3.00 bits per heavy atom. The zero-order valence-corrected chi connectivity index (χ0v) is 12.3. The smallest absolute Gasteiger partial charge is 0.203 e. The molecule has 0 spiro atoms. The lowest BCUT2D eigenvalue weighted by Gasteiger charge is -2.15. The predicted octanol–water partition coefficient (Wildman–Crippen LogP) is 1.61. The fraction of sp³-hybridized carbons (Fsp3) is 0.615. The van der Waals surface area contributed by atoms with Crippen LogP contribution in [0.5, 0.6) is 0 Å². The number of imidazole rings is 1. The Kier molecular flexibility index (Phi) is 5.11. The van der Waals surface area contributed by atoms with Crippen LogP contribution in [-0.4, -0.2) is 37.5 Å². The molecule has 7 nitrogen and oxygen atoms in total. The van der Waals surface area contributed by atoms with E-state index in [2.05, 4.69) is 25.1 Å². The van der Waals surface area contributed by atoms with Crippen molar-refractivity contribution in [2.24, 2.45) is 7.05 Å². The van der Waals surface area contributed by atoms with E-state index in [0.717, 1.165) is 38.0 Å². The van der Waals surface area contributed by atoms with Crippen LogP contribution >= 0.6 is 0 Å². The van der Waals surface area contributed by atoms with Crippen molar-refractivity contribution in [2.45, 2.75) is 32.9 Å². The highest BCUT2D eigenvalue weighted by atomic mass is 16.5. The minimum Gasteiger partial charge on any atom is -0.382 e. The molecule has 0 aliphatic carbocycles. The molecule has 2 heterocycles. The highest BCUT2D eigenvalue weighted by molar-refractivity contribution is 5.28. The number of anilines is 1. The molecular formula is C13H22N6O. The van der Waals surface area contributed by atoms with E-state index >= 15 is 0 Å². The molecule has 0 saturated carbocycles. The van der Waals surface area contributed by atoms with Crippen LogP contribution in [0.4, 0.5) is 5.95 Å². The molecule has 1 N–H and O–H groups in total. The van der Waals surface area contributed by atoms with Gasteiger partial charge in [-0.1, -0.05) is 0 Å². The summed E-state index contributed by atoms with van der Waals surface area (Å²) in [6.45, 7) is 6.47. The zero-order valence-electron chi connectivity index (χ0n) is 12.3. The third-order valence-corrected chi connectivity index (χ3v) is 3.09. The maximum Gasteiger partial charge on any atom is 0.203 e. The van der Waals surface area contributed by atoms with Gasteiger partial charge in [-0.25, -0.2) is 4.98 Å². The summed E-state index contributed by atoms with van der Waals surface area (Å²) in [6, 6.07) is 0.0514. The first kappa shape index (κ1) is 14.5. The molecule has 1 atom stereocenters. The van der Waals surface area contributed by atoms with Gasteiger partial charge >= 0.3 is 0 Å². The second-order valence-corrected chi connectivity index (χ2v) is 4.66. The number of nitrogens with zero attached hydrogens (tertiary/aromatic N) is 5. The van der Waals surface area contributed by atoms with Gasteiger partial charge in [0.1, 0.15) is 6.33 Å². The Morgan fingerprint density at radius 2 is 2.30 bits per heavy atom. The summed E-state index contributed by atoms with van der Waals surface area (Å²) in [5.41, 5.74) is 0. The standard InChI is InChI=1S/C13H22N6O/c1-4-20-9-5-7-19-8-6-14-13(19)16-11(2)12-17-15-10-18(12)3/h6,8,10-11H,4-5,7,9H2,1-3H3,(H,14,16).